The van der Waals surface area contributed by atoms with Crippen LogP contribution in [-0.2, 0) is 6.42 Å². The summed E-state index contributed by atoms with van der Waals surface area (Å²) < 4.78 is 12.0. The minimum atomic E-state index is -0.180. The quantitative estimate of drug-likeness (QED) is 0.771. The van der Waals surface area contributed by atoms with Gasteiger partial charge in [-0.1, -0.05) is 28.1 Å². The first-order valence-electron chi connectivity index (χ1n) is 9.02. The highest BCUT2D eigenvalue weighted by molar-refractivity contribution is 9.10. The summed E-state index contributed by atoms with van der Waals surface area (Å²) in [7, 11) is 3.27. The Hall–Kier alpha value is -2.21. The van der Waals surface area contributed by atoms with Crippen molar-refractivity contribution in [1.29, 1.82) is 0 Å². The fraction of sp³-hybridized carbons (Fsp3) is 0.381. The number of carbonyl (C=O) groups excluding carboxylic acids is 1. The first-order chi connectivity index (χ1) is 12.9. The van der Waals surface area contributed by atoms with E-state index in [1.807, 2.05) is 43.0 Å². The molecule has 1 heterocycles. The lowest BCUT2D eigenvalue weighted by atomic mass is 9.88. The number of amides is 2. The van der Waals surface area contributed by atoms with Gasteiger partial charge in [-0.05, 0) is 61.2 Å². The minimum absolute atomic E-state index is 0.0571. The van der Waals surface area contributed by atoms with E-state index < -0.39 is 0 Å². The molecular weight excluding hydrogens is 408 g/mol. The lowest BCUT2D eigenvalue weighted by Crippen LogP contribution is -2.47. The molecule has 1 atom stereocenters. The summed E-state index contributed by atoms with van der Waals surface area (Å²) in [6, 6.07) is 12.0. The number of nitrogens with one attached hydrogen (secondary N) is 1. The number of urea groups is 1. The molecule has 6 heteroatoms. The molecule has 0 radical (unpaired) electrons. The highest BCUT2D eigenvalue weighted by Gasteiger charge is 2.33. The van der Waals surface area contributed by atoms with E-state index in [1.54, 1.807) is 14.2 Å². The largest absolute Gasteiger partial charge is 0.493 e. The van der Waals surface area contributed by atoms with Crippen LogP contribution in [0.5, 0.6) is 11.5 Å². The van der Waals surface area contributed by atoms with Crippen LogP contribution in [0.15, 0.2) is 40.9 Å². The van der Waals surface area contributed by atoms with E-state index >= 15 is 0 Å². The summed E-state index contributed by atoms with van der Waals surface area (Å²) in [5, 5.41) is 3.03. The van der Waals surface area contributed by atoms with Crippen LogP contribution in [0.3, 0.4) is 0 Å². The van der Waals surface area contributed by atoms with Crippen molar-refractivity contribution in [3.63, 3.8) is 0 Å². The number of ether oxygens (including phenoxy) is 2. The Morgan fingerprint density at radius 3 is 2.37 bits per heavy atom. The van der Waals surface area contributed by atoms with Crippen LogP contribution in [0.25, 0.3) is 0 Å². The molecule has 144 valence electrons. The molecular formula is C21H25BrN2O3. The van der Waals surface area contributed by atoms with Crippen molar-refractivity contribution in [2.24, 2.45) is 0 Å². The van der Waals surface area contributed by atoms with E-state index in [0.717, 1.165) is 22.0 Å². The number of halogens is 1. The number of hydrogen-bond acceptors (Lipinski definition) is 3. The van der Waals surface area contributed by atoms with Gasteiger partial charge >= 0.3 is 6.03 Å². The second-order valence-electron chi connectivity index (χ2n) is 6.91. The van der Waals surface area contributed by atoms with Crippen LogP contribution in [0.4, 0.5) is 4.79 Å². The Bertz CT molecular complexity index is 821. The zero-order valence-electron chi connectivity index (χ0n) is 16.1. The Labute approximate surface area is 168 Å². The van der Waals surface area contributed by atoms with Crippen molar-refractivity contribution in [2.45, 2.75) is 32.4 Å². The van der Waals surface area contributed by atoms with Crippen LogP contribution in [0.2, 0.25) is 0 Å². The van der Waals surface area contributed by atoms with Gasteiger partial charge in [0.25, 0.3) is 0 Å². The molecule has 0 fully saturated rings. The van der Waals surface area contributed by atoms with Crippen LogP contribution < -0.4 is 14.8 Å². The Morgan fingerprint density at radius 2 is 1.78 bits per heavy atom. The van der Waals surface area contributed by atoms with E-state index in [0.29, 0.717) is 18.0 Å². The third-order valence-electron chi connectivity index (χ3n) is 4.73. The third kappa shape index (κ3) is 4.05. The highest BCUT2D eigenvalue weighted by Crippen LogP contribution is 2.41. The molecule has 0 aliphatic carbocycles. The van der Waals surface area contributed by atoms with Crippen molar-refractivity contribution >= 4 is 22.0 Å². The predicted molar refractivity (Wildman–Crippen MR) is 110 cm³/mol. The molecule has 1 unspecified atom stereocenters. The standard InChI is InChI=1S/C21H25BrN2O3/c1-13(2)23-21(25)24-10-9-15-11-18(26-3)19(27-4)12-17(15)20(24)14-5-7-16(22)8-6-14/h5-8,11-13,20H,9-10H2,1-4H3,(H,23,25). The number of nitrogens with zero attached hydrogens (tertiary/aromatic N) is 1. The number of benzene rings is 2. The molecule has 27 heavy (non-hydrogen) atoms. The summed E-state index contributed by atoms with van der Waals surface area (Å²) in [6.07, 6.45) is 0.772. The molecule has 0 aromatic heterocycles. The fourth-order valence-electron chi connectivity index (χ4n) is 3.50. The van der Waals surface area contributed by atoms with Crippen molar-refractivity contribution in [3.8, 4) is 11.5 Å². The van der Waals surface area contributed by atoms with Gasteiger partial charge in [-0.25, -0.2) is 4.79 Å². The number of methoxy groups -OCH3 is 2. The number of carbonyl (C=O) groups is 1. The molecule has 1 aliphatic rings. The summed E-state index contributed by atoms with van der Waals surface area (Å²) in [4.78, 5) is 14.8. The maximum atomic E-state index is 12.9. The summed E-state index contributed by atoms with van der Waals surface area (Å²) in [5.74, 6) is 1.38. The van der Waals surface area contributed by atoms with Crippen LogP contribution in [-0.4, -0.2) is 37.7 Å². The third-order valence-corrected chi connectivity index (χ3v) is 5.26. The maximum absolute atomic E-state index is 12.9. The first kappa shape index (κ1) is 19.5. The van der Waals surface area contributed by atoms with Crippen molar-refractivity contribution in [2.75, 3.05) is 20.8 Å². The first-order valence-corrected chi connectivity index (χ1v) is 9.81. The van der Waals surface area contributed by atoms with E-state index in [9.17, 15) is 4.79 Å². The summed E-state index contributed by atoms with van der Waals surface area (Å²) >= 11 is 3.49. The Kier molecular flexibility index (Phi) is 5.95. The lowest BCUT2D eigenvalue weighted by Gasteiger charge is -2.38. The SMILES string of the molecule is COc1cc2c(cc1OC)C(c1ccc(Br)cc1)N(C(=O)NC(C)C)CC2. The molecule has 2 aromatic rings. The molecule has 3 rings (SSSR count). The van der Waals surface area contributed by atoms with Crippen LogP contribution >= 0.6 is 15.9 Å². The molecule has 0 saturated heterocycles. The fourth-order valence-corrected chi connectivity index (χ4v) is 3.76. The molecule has 5 nitrogen and oxygen atoms in total. The monoisotopic (exact) mass is 432 g/mol. The van der Waals surface area contributed by atoms with Gasteiger partial charge in [0.1, 0.15) is 0 Å². The Morgan fingerprint density at radius 1 is 1.15 bits per heavy atom. The number of hydrogen-bond donors (Lipinski definition) is 1. The van der Waals surface area contributed by atoms with Gasteiger partial charge in [0.15, 0.2) is 11.5 Å². The van der Waals surface area contributed by atoms with Crippen molar-refractivity contribution < 1.29 is 14.3 Å². The molecule has 0 saturated carbocycles. The topological polar surface area (TPSA) is 50.8 Å². The maximum Gasteiger partial charge on any atom is 0.318 e. The molecule has 0 spiro atoms. The predicted octanol–water partition coefficient (Wildman–Crippen LogP) is 4.53. The summed E-state index contributed by atoms with van der Waals surface area (Å²) in [6.45, 7) is 4.58. The molecule has 1 aliphatic heterocycles. The molecule has 2 amide bonds. The van der Waals surface area contributed by atoms with Gasteiger partial charge in [-0.3, -0.25) is 0 Å². The summed E-state index contributed by atoms with van der Waals surface area (Å²) in [5.41, 5.74) is 3.31. The smallest absolute Gasteiger partial charge is 0.318 e. The van der Waals surface area contributed by atoms with Gasteiger partial charge in [-0.2, -0.15) is 0 Å². The zero-order valence-corrected chi connectivity index (χ0v) is 17.7. The van der Waals surface area contributed by atoms with Crippen molar-refractivity contribution in [1.82, 2.24) is 10.2 Å². The van der Waals surface area contributed by atoms with Gasteiger partial charge in [0.05, 0.1) is 20.3 Å². The zero-order chi connectivity index (χ0) is 19.6. The van der Waals surface area contributed by atoms with E-state index in [4.69, 9.17) is 9.47 Å². The lowest BCUT2D eigenvalue weighted by molar-refractivity contribution is 0.177. The van der Waals surface area contributed by atoms with Gasteiger partial charge < -0.3 is 19.7 Å². The van der Waals surface area contributed by atoms with Crippen LogP contribution in [0, 0.1) is 0 Å². The van der Waals surface area contributed by atoms with E-state index in [-0.39, 0.29) is 18.1 Å². The van der Waals surface area contributed by atoms with Gasteiger partial charge in [0.2, 0.25) is 0 Å². The van der Waals surface area contributed by atoms with Crippen LogP contribution in [0.1, 0.15) is 36.6 Å². The number of fused-ring (bicyclic) bond motifs is 1. The average Bonchev–Trinajstić information content (AvgIpc) is 2.66. The molecule has 2 aromatic carbocycles. The average molecular weight is 433 g/mol. The van der Waals surface area contributed by atoms with E-state index in [2.05, 4.69) is 33.4 Å². The minimum Gasteiger partial charge on any atom is -0.493 e. The van der Waals surface area contributed by atoms with Gasteiger partial charge in [-0.15, -0.1) is 0 Å². The van der Waals surface area contributed by atoms with E-state index in [1.165, 1.54) is 5.56 Å². The second-order valence-corrected chi connectivity index (χ2v) is 7.82. The van der Waals surface area contributed by atoms with Gasteiger partial charge in [0, 0.05) is 17.1 Å². The Balaban J connectivity index is 2.11. The number of rotatable bonds is 4. The molecule has 0 bridgehead atoms. The highest BCUT2D eigenvalue weighted by atomic mass is 79.9. The second kappa shape index (κ2) is 8.21. The normalized spacial score (nSPS) is 16.1. The molecule has 1 N–H and O–H groups in total. The van der Waals surface area contributed by atoms with Crippen molar-refractivity contribution in [3.05, 3.63) is 57.6 Å².